The number of nitrogens with zero attached hydrogens (tertiary/aromatic N) is 1. The summed E-state index contributed by atoms with van der Waals surface area (Å²) < 4.78 is 1.43. The average molecular weight is 307 g/mol. The molecule has 0 saturated carbocycles. The molecule has 0 radical (unpaired) electrons. The second-order valence-corrected chi connectivity index (χ2v) is 7.13. The Morgan fingerprint density at radius 1 is 0.909 bits per heavy atom. The van der Waals surface area contributed by atoms with E-state index in [4.69, 9.17) is 0 Å². The van der Waals surface area contributed by atoms with Gasteiger partial charge in [0, 0.05) is 11.2 Å². The van der Waals surface area contributed by atoms with Gasteiger partial charge in [0.15, 0.2) is 0 Å². The van der Waals surface area contributed by atoms with Crippen LogP contribution < -0.4 is 0 Å². The Hall–Kier alpha value is -1.64. The first kappa shape index (κ1) is 14.0. The van der Waals surface area contributed by atoms with Gasteiger partial charge in [-0.05, 0) is 59.8 Å². The quantitative estimate of drug-likeness (QED) is 0.636. The van der Waals surface area contributed by atoms with E-state index in [9.17, 15) is 0 Å². The van der Waals surface area contributed by atoms with E-state index in [-0.39, 0.29) is 0 Å². The van der Waals surface area contributed by atoms with E-state index in [0.29, 0.717) is 0 Å². The van der Waals surface area contributed by atoms with Gasteiger partial charge in [0.05, 0.1) is 0 Å². The van der Waals surface area contributed by atoms with Crippen LogP contribution in [-0.2, 0) is 6.54 Å². The van der Waals surface area contributed by atoms with Crippen LogP contribution in [0.25, 0.3) is 10.1 Å². The molecule has 2 heterocycles. The highest BCUT2D eigenvalue weighted by molar-refractivity contribution is 7.17. The summed E-state index contributed by atoms with van der Waals surface area (Å²) in [6.45, 7) is 3.52. The number of likely N-dealkylation sites (tertiary alicyclic amines) is 1. The van der Waals surface area contributed by atoms with Crippen LogP contribution in [0.2, 0.25) is 0 Å². The molecule has 1 fully saturated rings. The van der Waals surface area contributed by atoms with E-state index < -0.39 is 0 Å². The van der Waals surface area contributed by atoms with E-state index in [1.807, 2.05) is 11.3 Å². The smallest absolute Gasteiger partial charge is 0.0345 e. The van der Waals surface area contributed by atoms with Crippen LogP contribution in [0.5, 0.6) is 0 Å². The Bertz CT molecular complexity index is 739. The SMILES string of the molecule is c1ccc(CN2CCC(c3csc4ccccc34)CC2)cc1. The minimum absolute atomic E-state index is 0.739. The summed E-state index contributed by atoms with van der Waals surface area (Å²) in [6, 6.07) is 19.7. The molecule has 2 aromatic carbocycles. The molecule has 0 unspecified atom stereocenters. The maximum Gasteiger partial charge on any atom is 0.0345 e. The molecule has 0 bridgehead atoms. The minimum Gasteiger partial charge on any atom is -0.299 e. The summed E-state index contributed by atoms with van der Waals surface area (Å²) in [7, 11) is 0. The standard InChI is InChI=1S/C20H21NS/c1-2-6-16(7-3-1)14-21-12-10-17(11-13-21)19-15-22-20-9-5-4-8-18(19)20/h1-9,15,17H,10-14H2. The fourth-order valence-electron chi connectivity index (χ4n) is 3.56. The Kier molecular flexibility index (Phi) is 3.96. The van der Waals surface area contributed by atoms with Crippen molar-refractivity contribution in [2.45, 2.75) is 25.3 Å². The molecule has 1 saturated heterocycles. The van der Waals surface area contributed by atoms with Crippen molar-refractivity contribution >= 4 is 21.4 Å². The first-order valence-corrected chi connectivity index (χ1v) is 9.00. The van der Waals surface area contributed by atoms with E-state index in [0.717, 1.165) is 12.5 Å². The van der Waals surface area contributed by atoms with E-state index >= 15 is 0 Å². The number of fused-ring (bicyclic) bond motifs is 1. The zero-order chi connectivity index (χ0) is 14.8. The third-order valence-corrected chi connectivity index (χ3v) is 5.77. The zero-order valence-electron chi connectivity index (χ0n) is 12.7. The number of hydrogen-bond donors (Lipinski definition) is 0. The summed E-state index contributed by atoms with van der Waals surface area (Å²) in [4.78, 5) is 2.60. The van der Waals surface area contributed by atoms with Gasteiger partial charge < -0.3 is 0 Å². The first-order valence-electron chi connectivity index (χ1n) is 8.12. The highest BCUT2D eigenvalue weighted by Crippen LogP contribution is 2.36. The molecule has 0 atom stereocenters. The maximum absolute atomic E-state index is 2.60. The van der Waals surface area contributed by atoms with Gasteiger partial charge in [0.2, 0.25) is 0 Å². The van der Waals surface area contributed by atoms with Crippen LogP contribution in [0, 0.1) is 0 Å². The Morgan fingerprint density at radius 2 is 1.64 bits per heavy atom. The summed E-state index contributed by atoms with van der Waals surface area (Å²) in [5, 5.41) is 3.87. The molecule has 0 amide bonds. The number of hydrogen-bond acceptors (Lipinski definition) is 2. The normalized spacial score (nSPS) is 17.1. The molecule has 22 heavy (non-hydrogen) atoms. The summed E-state index contributed by atoms with van der Waals surface area (Å²) in [5.41, 5.74) is 3.02. The van der Waals surface area contributed by atoms with Crippen molar-refractivity contribution in [3.8, 4) is 0 Å². The van der Waals surface area contributed by atoms with Crippen LogP contribution in [0.4, 0.5) is 0 Å². The van der Waals surface area contributed by atoms with Crippen molar-refractivity contribution in [3.05, 3.63) is 71.1 Å². The molecular formula is C20H21NS. The number of piperidine rings is 1. The van der Waals surface area contributed by atoms with Crippen LogP contribution >= 0.6 is 11.3 Å². The van der Waals surface area contributed by atoms with Crippen LogP contribution in [-0.4, -0.2) is 18.0 Å². The van der Waals surface area contributed by atoms with Gasteiger partial charge in [-0.2, -0.15) is 0 Å². The minimum atomic E-state index is 0.739. The third-order valence-electron chi connectivity index (χ3n) is 4.79. The van der Waals surface area contributed by atoms with Gasteiger partial charge in [-0.3, -0.25) is 4.90 Å². The fraction of sp³-hybridized carbons (Fsp3) is 0.300. The van der Waals surface area contributed by atoms with Crippen molar-refractivity contribution in [2.75, 3.05) is 13.1 Å². The Balaban J connectivity index is 1.43. The first-order chi connectivity index (χ1) is 10.9. The second kappa shape index (κ2) is 6.23. The Morgan fingerprint density at radius 3 is 2.45 bits per heavy atom. The topological polar surface area (TPSA) is 3.24 Å². The second-order valence-electron chi connectivity index (χ2n) is 6.22. The van der Waals surface area contributed by atoms with Crippen molar-refractivity contribution in [1.82, 2.24) is 4.90 Å². The average Bonchev–Trinajstić information content (AvgIpc) is 3.01. The molecule has 1 aliphatic heterocycles. The largest absolute Gasteiger partial charge is 0.299 e. The fourth-order valence-corrected chi connectivity index (χ4v) is 4.60. The van der Waals surface area contributed by atoms with Gasteiger partial charge >= 0.3 is 0 Å². The molecule has 3 aromatic rings. The van der Waals surface area contributed by atoms with Crippen LogP contribution in [0.1, 0.15) is 29.9 Å². The summed E-state index contributed by atoms with van der Waals surface area (Å²) in [5.74, 6) is 0.739. The highest BCUT2D eigenvalue weighted by atomic mass is 32.1. The van der Waals surface area contributed by atoms with Crippen molar-refractivity contribution in [1.29, 1.82) is 0 Å². The van der Waals surface area contributed by atoms with Crippen molar-refractivity contribution in [2.24, 2.45) is 0 Å². The van der Waals surface area contributed by atoms with E-state index in [1.165, 1.54) is 41.6 Å². The molecule has 0 aliphatic carbocycles. The molecular weight excluding hydrogens is 286 g/mol. The molecule has 0 spiro atoms. The van der Waals surface area contributed by atoms with Gasteiger partial charge in [-0.25, -0.2) is 0 Å². The maximum atomic E-state index is 2.60. The molecule has 1 aromatic heterocycles. The van der Waals surface area contributed by atoms with E-state index in [1.54, 1.807) is 5.56 Å². The third kappa shape index (κ3) is 2.81. The molecule has 1 aliphatic rings. The zero-order valence-corrected chi connectivity index (χ0v) is 13.6. The van der Waals surface area contributed by atoms with Gasteiger partial charge in [0.25, 0.3) is 0 Å². The summed E-state index contributed by atoms with van der Waals surface area (Å²) in [6.07, 6.45) is 2.57. The lowest BCUT2D eigenvalue weighted by Gasteiger charge is -2.32. The van der Waals surface area contributed by atoms with Gasteiger partial charge in [0.1, 0.15) is 0 Å². The van der Waals surface area contributed by atoms with Gasteiger partial charge in [-0.1, -0.05) is 48.5 Å². The monoisotopic (exact) mass is 307 g/mol. The molecule has 4 rings (SSSR count). The van der Waals surface area contributed by atoms with Gasteiger partial charge in [-0.15, -0.1) is 11.3 Å². The number of benzene rings is 2. The lowest BCUT2D eigenvalue weighted by atomic mass is 9.89. The molecule has 112 valence electrons. The number of rotatable bonds is 3. The highest BCUT2D eigenvalue weighted by Gasteiger charge is 2.22. The predicted octanol–water partition coefficient (Wildman–Crippen LogP) is 5.28. The van der Waals surface area contributed by atoms with Crippen molar-refractivity contribution < 1.29 is 0 Å². The van der Waals surface area contributed by atoms with E-state index in [2.05, 4.69) is 64.9 Å². The Labute approximate surface area is 136 Å². The summed E-state index contributed by atoms with van der Waals surface area (Å²) >= 11 is 1.90. The number of thiophene rings is 1. The van der Waals surface area contributed by atoms with Crippen LogP contribution in [0.3, 0.4) is 0 Å². The predicted molar refractivity (Wildman–Crippen MR) is 95.5 cm³/mol. The van der Waals surface area contributed by atoms with Crippen LogP contribution in [0.15, 0.2) is 60.0 Å². The lowest BCUT2D eigenvalue weighted by Crippen LogP contribution is -2.32. The molecule has 1 nitrogen and oxygen atoms in total. The van der Waals surface area contributed by atoms with Crippen molar-refractivity contribution in [3.63, 3.8) is 0 Å². The lowest BCUT2D eigenvalue weighted by molar-refractivity contribution is 0.205. The molecule has 0 N–H and O–H groups in total. The molecule has 2 heteroatoms.